The molecule has 0 N–H and O–H groups in total. The van der Waals surface area contributed by atoms with Gasteiger partial charge >= 0.3 is 0 Å². The lowest BCUT2D eigenvalue weighted by Crippen LogP contribution is -2.78. The Hall–Kier alpha value is -3.33. The summed E-state index contributed by atoms with van der Waals surface area (Å²) in [6.07, 6.45) is 3.91. The molecular formula is C46H48Br2OSi2. The van der Waals surface area contributed by atoms with Crippen molar-refractivity contribution in [2.45, 2.75) is 63.5 Å². The summed E-state index contributed by atoms with van der Waals surface area (Å²) in [5.74, 6) is 0. The molecule has 0 aliphatic carbocycles. The fourth-order valence-corrected chi connectivity index (χ4v) is 21.8. The molecule has 0 radical (unpaired) electrons. The van der Waals surface area contributed by atoms with Gasteiger partial charge in [-0.05, 0) is 91.9 Å². The lowest BCUT2D eigenvalue weighted by Gasteiger charge is -2.55. The first kappa shape index (κ1) is 37.4. The van der Waals surface area contributed by atoms with Crippen molar-refractivity contribution in [1.82, 2.24) is 0 Å². The van der Waals surface area contributed by atoms with Gasteiger partial charge in [-0.1, -0.05) is 205 Å². The predicted molar refractivity (Wildman–Crippen MR) is 230 cm³/mol. The lowest BCUT2D eigenvalue weighted by atomic mass is 10.0. The van der Waals surface area contributed by atoms with E-state index in [2.05, 4.69) is 229 Å². The van der Waals surface area contributed by atoms with E-state index in [9.17, 15) is 0 Å². The van der Waals surface area contributed by atoms with Crippen LogP contribution in [-0.2, 0) is 17.0 Å². The van der Waals surface area contributed by atoms with Gasteiger partial charge in [-0.25, -0.2) is 0 Å². The molecule has 6 aromatic carbocycles. The van der Waals surface area contributed by atoms with Gasteiger partial charge in [0.2, 0.25) is 0 Å². The van der Waals surface area contributed by atoms with Gasteiger partial charge in [0.15, 0.2) is 0 Å². The van der Waals surface area contributed by atoms with Crippen molar-refractivity contribution in [1.29, 1.82) is 0 Å². The van der Waals surface area contributed by atoms with E-state index in [1.165, 1.54) is 31.9 Å². The molecule has 0 bridgehead atoms. The summed E-state index contributed by atoms with van der Waals surface area (Å²) in [4.78, 5) is 0. The molecule has 1 nitrogen and oxygen atoms in total. The maximum atomic E-state index is 8.78. The molecule has 0 aliphatic heterocycles. The van der Waals surface area contributed by atoms with E-state index in [1.807, 2.05) is 0 Å². The van der Waals surface area contributed by atoms with E-state index in [0.29, 0.717) is 0 Å². The highest BCUT2D eigenvalue weighted by molar-refractivity contribution is 9.10. The Bertz CT molecular complexity index is 1740. The van der Waals surface area contributed by atoms with Crippen LogP contribution < -0.4 is 20.7 Å². The van der Waals surface area contributed by atoms with Gasteiger partial charge < -0.3 is 4.12 Å². The fourth-order valence-electron chi connectivity index (χ4n) is 7.90. The molecule has 0 atom stereocenters. The van der Waals surface area contributed by atoms with Gasteiger partial charge in [0, 0.05) is 8.95 Å². The summed E-state index contributed by atoms with van der Waals surface area (Å²) in [6, 6.07) is 62.7. The van der Waals surface area contributed by atoms with E-state index >= 15 is 0 Å². The summed E-state index contributed by atoms with van der Waals surface area (Å²) >= 11 is 7.29. The molecule has 0 saturated heterocycles. The van der Waals surface area contributed by atoms with E-state index < -0.39 is 16.6 Å². The number of halogens is 2. The summed E-state index contributed by atoms with van der Waals surface area (Å²) in [5, 5.41) is 4.89. The van der Waals surface area contributed by atoms with Crippen molar-refractivity contribution in [3.05, 3.63) is 190 Å². The van der Waals surface area contributed by atoms with Crippen molar-refractivity contribution in [2.24, 2.45) is 0 Å². The number of aryl methyl sites for hydroxylation is 2. The maximum absolute atomic E-state index is 8.78. The largest absolute Gasteiger partial charge is 0.441 e. The SMILES string of the molecule is CC(C)(CCc1ccc(Br)cc1)[Si](O[Si](c1ccccc1)(c1ccccc1)C(C)(C)CCc1ccc(Br)cc1)(c1ccccc1)c1ccccc1. The van der Waals surface area contributed by atoms with Crippen LogP contribution >= 0.6 is 31.9 Å². The van der Waals surface area contributed by atoms with Gasteiger partial charge in [0.1, 0.15) is 0 Å². The van der Waals surface area contributed by atoms with Gasteiger partial charge in [-0.3, -0.25) is 0 Å². The molecule has 0 spiro atoms. The van der Waals surface area contributed by atoms with Gasteiger partial charge in [-0.15, -0.1) is 0 Å². The van der Waals surface area contributed by atoms with Crippen molar-refractivity contribution >= 4 is 69.2 Å². The zero-order valence-corrected chi connectivity index (χ0v) is 35.3. The second kappa shape index (κ2) is 16.1. The van der Waals surface area contributed by atoms with Crippen LogP contribution in [0.3, 0.4) is 0 Å². The average molecular weight is 833 g/mol. The monoisotopic (exact) mass is 830 g/mol. The van der Waals surface area contributed by atoms with Crippen LogP contribution in [0, 0.1) is 0 Å². The summed E-state index contributed by atoms with van der Waals surface area (Å²) in [6.45, 7) is 9.95. The minimum Gasteiger partial charge on any atom is -0.441 e. The Morgan fingerprint density at radius 1 is 0.392 bits per heavy atom. The molecule has 0 fully saturated rings. The minimum atomic E-state index is -3.12. The zero-order valence-electron chi connectivity index (χ0n) is 30.2. The predicted octanol–water partition coefficient (Wildman–Crippen LogP) is 10.9. The molecule has 0 aliphatic rings. The highest BCUT2D eigenvalue weighted by Gasteiger charge is 2.62. The van der Waals surface area contributed by atoms with Gasteiger partial charge in [-0.2, -0.15) is 0 Å². The third-order valence-electron chi connectivity index (χ3n) is 10.8. The molecule has 0 heterocycles. The summed E-state index contributed by atoms with van der Waals surface area (Å²) in [7, 11) is -6.24. The highest BCUT2D eigenvalue weighted by Crippen LogP contribution is 2.49. The molecule has 0 aromatic heterocycles. The molecule has 0 unspecified atom stereocenters. The normalized spacial score (nSPS) is 12.5. The van der Waals surface area contributed by atoms with E-state index in [-0.39, 0.29) is 10.1 Å². The van der Waals surface area contributed by atoms with E-state index in [1.54, 1.807) is 0 Å². The Morgan fingerprint density at radius 3 is 0.902 bits per heavy atom. The van der Waals surface area contributed by atoms with Crippen LogP contribution in [0.2, 0.25) is 10.1 Å². The van der Waals surface area contributed by atoms with Crippen LogP contribution in [0.15, 0.2) is 179 Å². The molecule has 5 heteroatoms. The third-order valence-corrected chi connectivity index (χ3v) is 23.2. The Kier molecular flexibility index (Phi) is 11.8. The Morgan fingerprint density at radius 2 is 0.647 bits per heavy atom. The van der Waals surface area contributed by atoms with Crippen LogP contribution in [0.25, 0.3) is 0 Å². The first-order valence-electron chi connectivity index (χ1n) is 18.0. The first-order valence-corrected chi connectivity index (χ1v) is 23.4. The van der Waals surface area contributed by atoms with Crippen molar-refractivity contribution in [3.8, 4) is 0 Å². The Balaban J connectivity index is 1.62. The first-order chi connectivity index (χ1) is 24.6. The van der Waals surface area contributed by atoms with Crippen LogP contribution in [0.1, 0.15) is 51.7 Å². The van der Waals surface area contributed by atoms with Gasteiger partial charge in [0.25, 0.3) is 16.6 Å². The minimum absolute atomic E-state index is 0.202. The quantitative estimate of drug-likeness (QED) is 0.0994. The van der Waals surface area contributed by atoms with Crippen LogP contribution in [0.4, 0.5) is 0 Å². The lowest BCUT2D eigenvalue weighted by molar-refractivity contribution is 0.432. The molecule has 51 heavy (non-hydrogen) atoms. The molecule has 0 amide bonds. The fraction of sp³-hybridized carbons (Fsp3) is 0.217. The molecule has 6 aromatic rings. The standard InChI is InChI=1S/C46H48Br2OSi2/c1-45(2,35-33-37-25-29-39(47)30-26-37)50(41-17-9-5-10-18-41,42-19-11-6-12-20-42)49-51(43-21-13-7-14-22-43,44-23-15-8-16-24-44)46(3,4)36-34-38-27-31-40(48)32-28-38/h5-32H,33-36H2,1-4H3. The smallest absolute Gasteiger partial charge is 0.251 e. The molecule has 6 rings (SSSR count). The van der Waals surface area contributed by atoms with E-state index in [0.717, 1.165) is 34.6 Å². The van der Waals surface area contributed by atoms with Crippen LogP contribution in [-0.4, -0.2) is 16.6 Å². The van der Waals surface area contributed by atoms with Crippen molar-refractivity contribution < 1.29 is 4.12 Å². The third kappa shape index (κ3) is 7.89. The number of hydrogen-bond acceptors (Lipinski definition) is 1. The highest BCUT2D eigenvalue weighted by atomic mass is 79.9. The molecule has 0 saturated carbocycles. The molecular weight excluding hydrogens is 784 g/mol. The summed E-state index contributed by atoms with van der Waals surface area (Å²) in [5.41, 5.74) is 2.69. The zero-order chi connectivity index (χ0) is 36.0. The second-order valence-corrected chi connectivity index (χ2v) is 25.3. The topological polar surface area (TPSA) is 9.23 Å². The van der Waals surface area contributed by atoms with Crippen LogP contribution in [0.5, 0.6) is 0 Å². The number of rotatable bonds is 14. The van der Waals surface area contributed by atoms with Gasteiger partial charge in [0.05, 0.1) is 0 Å². The van der Waals surface area contributed by atoms with Crippen molar-refractivity contribution in [3.63, 3.8) is 0 Å². The van der Waals surface area contributed by atoms with E-state index in [4.69, 9.17) is 4.12 Å². The second-order valence-electron chi connectivity index (χ2n) is 14.9. The molecule has 260 valence electrons. The Labute approximate surface area is 324 Å². The van der Waals surface area contributed by atoms with Crippen molar-refractivity contribution in [2.75, 3.05) is 0 Å². The number of hydrogen-bond donors (Lipinski definition) is 0. The summed E-state index contributed by atoms with van der Waals surface area (Å²) < 4.78 is 11.0. The number of benzene rings is 6. The maximum Gasteiger partial charge on any atom is 0.251 e. The average Bonchev–Trinajstić information content (AvgIpc) is 3.16.